The Morgan fingerprint density at radius 2 is 1.79 bits per heavy atom. The Bertz CT molecular complexity index is 1570. The lowest BCUT2D eigenvalue weighted by atomic mass is 10.1. The number of nitrogens with one attached hydrogen (secondary N) is 1. The van der Waals surface area contributed by atoms with Gasteiger partial charge in [0.25, 0.3) is 5.91 Å². The van der Waals surface area contributed by atoms with Crippen LogP contribution in [-0.4, -0.2) is 47.9 Å². The summed E-state index contributed by atoms with van der Waals surface area (Å²) in [7, 11) is 0. The molecule has 2 aliphatic heterocycles. The average Bonchev–Trinajstić information content (AvgIpc) is 3.40. The molecule has 198 valence electrons. The molecule has 2 aliphatic rings. The van der Waals surface area contributed by atoms with Crippen molar-refractivity contribution < 1.29 is 13.9 Å². The number of piperidine rings is 1. The number of amides is 1. The van der Waals surface area contributed by atoms with Crippen molar-refractivity contribution in [3.8, 4) is 11.6 Å². The summed E-state index contributed by atoms with van der Waals surface area (Å²) in [6, 6.07) is 17.5. The number of amidine groups is 1. The third kappa shape index (κ3) is 5.25. The fourth-order valence-corrected chi connectivity index (χ4v) is 5.14. The van der Waals surface area contributed by atoms with Gasteiger partial charge in [0.05, 0.1) is 6.54 Å². The van der Waals surface area contributed by atoms with Crippen LogP contribution in [0.5, 0.6) is 11.6 Å². The summed E-state index contributed by atoms with van der Waals surface area (Å²) in [5, 5.41) is 4.58. The topological polar surface area (TPSA) is 82.9 Å². The van der Waals surface area contributed by atoms with E-state index in [-0.39, 0.29) is 11.5 Å². The molecular formula is C30H29FN6O2. The number of hydrogen-bond acceptors (Lipinski definition) is 7. The number of ether oxygens (including phenoxy) is 1. The first-order chi connectivity index (χ1) is 19.0. The van der Waals surface area contributed by atoms with Crippen molar-refractivity contribution in [3.05, 3.63) is 78.2 Å². The third-order valence-electron chi connectivity index (χ3n) is 7.13. The molecule has 1 amide bonds. The highest BCUT2D eigenvalue weighted by molar-refractivity contribution is 6.10. The van der Waals surface area contributed by atoms with E-state index in [4.69, 9.17) is 4.74 Å². The molecule has 1 N–H and O–H groups in total. The van der Waals surface area contributed by atoms with Gasteiger partial charge in [-0.25, -0.2) is 9.37 Å². The summed E-state index contributed by atoms with van der Waals surface area (Å²) < 4.78 is 20.7. The summed E-state index contributed by atoms with van der Waals surface area (Å²) in [5.74, 6) is 1.63. The van der Waals surface area contributed by atoms with Gasteiger partial charge in [-0.1, -0.05) is 24.3 Å². The molecule has 0 radical (unpaired) electrons. The quantitative estimate of drug-likeness (QED) is 0.331. The van der Waals surface area contributed by atoms with Crippen LogP contribution in [0.1, 0.15) is 36.5 Å². The first-order valence-electron chi connectivity index (χ1n) is 13.2. The molecule has 3 aromatic carbocycles. The lowest BCUT2D eigenvalue weighted by molar-refractivity contribution is 0.102. The van der Waals surface area contributed by atoms with Gasteiger partial charge >= 0.3 is 0 Å². The van der Waals surface area contributed by atoms with Gasteiger partial charge in [0, 0.05) is 59.6 Å². The number of carbonyl (C=O) groups is 1. The molecule has 0 bridgehead atoms. The molecule has 0 saturated carbocycles. The zero-order valence-corrected chi connectivity index (χ0v) is 21.7. The van der Waals surface area contributed by atoms with E-state index in [0.29, 0.717) is 29.8 Å². The predicted octanol–water partition coefficient (Wildman–Crippen LogP) is 6.04. The Labute approximate surface area is 226 Å². The van der Waals surface area contributed by atoms with Crippen molar-refractivity contribution in [2.24, 2.45) is 4.99 Å². The van der Waals surface area contributed by atoms with E-state index in [9.17, 15) is 9.18 Å². The summed E-state index contributed by atoms with van der Waals surface area (Å²) in [5.41, 5.74) is 1.64. The molecule has 0 spiro atoms. The summed E-state index contributed by atoms with van der Waals surface area (Å²) in [6.07, 6.45) is 4.98. The Balaban J connectivity index is 1.26. The van der Waals surface area contributed by atoms with Crippen LogP contribution in [0, 0.1) is 5.82 Å². The van der Waals surface area contributed by atoms with Crippen LogP contribution in [0.15, 0.2) is 71.9 Å². The average molecular weight is 525 g/mol. The molecule has 1 saturated heterocycles. The first-order valence-corrected chi connectivity index (χ1v) is 13.2. The van der Waals surface area contributed by atoms with Crippen LogP contribution >= 0.6 is 0 Å². The molecule has 1 aromatic heterocycles. The van der Waals surface area contributed by atoms with E-state index in [1.165, 1.54) is 18.6 Å². The number of anilines is 3. The minimum atomic E-state index is -0.420. The number of aromatic nitrogens is 2. The smallest absolute Gasteiger partial charge is 0.255 e. The van der Waals surface area contributed by atoms with Crippen molar-refractivity contribution in [2.75, 3.05) is 41.3 Å². The minimum absolute atomic E-state index is 0.286. The highest BCUT2D eigenvalue weighted by Gasteiger charge is 2.19. The minimum Gasteiger partial charge on any atom is -0.438 e. The molecule has 0 aliphatic carbocycles. The summed E-state index contributed by atoms with van der Waals surface area (Å²) in [4.78, 5) is 30.7. The molecule has 39 heavy (non-hydrogen) atoms. The molecule has 3 heterocycles. The maximum Gasteiger partial charge on any atom is 0.255 e. The number of aliphatic imine (C=N–C) groups is 1. The zero-order valence-electron chi connectivity index (χ0n) is 21.7. The Hall–Kier alpha value is -4.53. The predicted molar refractivity (Wildman–Crippen MR) is 152 cm³/mol. The highest BCUT2D eigenvalue weighted by Crippen LogP contribution is 2.35. The molecule has 8 nitrogen and oxygen atoms in total. The van der Waals surface area contributed by atoms with Crippen LogP contribution in [0.25, 0.3) is 10.8 Å². The van der Waals surface area contributed by atoms with E-state index in [2.05, 4.69) is 25.2 Å². The number of benzene rings is 3. The van der Waals surface area contributed by atoms with Crippen molar-refractivity contribution in [2.45, 2.75) is 26.2 Å². The van der Waals surface area contributed by atoms with E-state index in [0.717, 1.165) is 54.8 Å². The maximum atomic E-state index is 14.5. The van der Waals surface area contributed by atoms with Crippen molar-refractivity contribution in [1.82, 2.24) is 9.97 Å². The van der Waals surface area contributed by atoms with Gasteiger partial charge in [0.1, 0.15) is 17.4 Å². The Morgan fingerprint density at radius 1 is 0.974 bits per heavy atom. The molecule has 0 unspecified atom stereocenters. The van der Waals surface area contributed by atoms with Gasteiger partial charge in [0.2, 0.25) is 11.8 Å². The standard InChI is InChI=1S/C30H29FN6O2/c1-20-32-13-16-37(20)30-33-12-11-28(35-30)39-27-10-9-26(24-7-3-4-8-25(24)27)34-29(38)21-17-22(31)19-23(18-21)36-14-5-2-6-15-36/h3-4,7-12,17-19H,2,5-6,13-16H2,1H3,(H,34,38). The number of halogens is 1. The largest absolute Gasteiger partial charge is 0.438 e. The van der Waals surface area contributed by atoms with Gasteiger partial charge in [-0.2, -0.15) is 4.98 Å². The van der Waals surface area contributed by atoms with Crippen molar-refractivity contribution in [1.29, 1.82) is 0 Å². The van der Waals surface area contributed by atoms with Gasteiger partial charge in [-0.05, 0) is 56.5 Å². The molecule has 1 fully saturated rings. The fourth-order valence-electron chi connectivity index (χ4n) is 5.14. The van der Waals surface area contributed by atoms with Crippen molar-refractivity contribution >= 4 is 39.8 Å². The van der Waals surface area contributed by atoms with Crippen LogP contribution in [0.2, 0.25) is 0 Å². The van der Waals surface area contributed by atoms with E-state index >= 15 is 0 Å². The molecule has 6 rings (SSSR count). The molecule has 4 aromatic rings. The van der Waals surface area contributed by atoms with Crippen LogP contribution in [0.4, 0.5) is 21.7 Å². The first kappa shape index (κ1) is 24.8. The SMILES string of the molecule is CC1=NCCN1c1nccc(Oc2ccc(NC(=O)c3cc(F)cc(N4CCCCC4)c3)c3ccccc23)n1. The summed E-state index contributed by atoms with van der Waals surface area (Å²) >= 11 is 0. The molecule has 9 heteroatoms. The van der Waals surface area contributed by atoms with E-state index in [1.807, 2.05) is 36.1 Å². The second kappa shape index (κ2) is 10.7. The van der Waals surface area contributed by atoms with Gasteiger partial charge in [0.15, 0.2) is 0 Å². The fraction of sp³-hybridized carbons (Fsp3) is 0.267. The Kier molecular flexibility index (Phi) is 6.79. The zero-order chi connectivity index (χ0) is 26.8. The number of fused-ring (bicyclic) bond motifs is 1. The van der Waals surface area contributed by atoms with Gasteiger partial charge in [-0.15, -0.1) is 0 Å². The maximum absolute atomic E-state index is 14.5. The number of nitrogens with zero attached hydrogens (tertiary/aromatic N) is 5. The van der Waals surface area contributed by atoms with E-state index in [1.54, 1.807) is 30.5 Å². The molecule has 0 atom stereocenters. The Morgan fingerprint density at radius 3 is 2.59 bits per heavy atom. The van der Waals surface area contributed by atoms with Gasteiger partial charge < -0.3 is 15.0 Å². The monoisotopic (exact) mass is 524 g/mol. The van der Waals surface area contributed by atoms with Crippen LogP contribution in [0.3, 0.4) is 0 Å². The second-order valence-electron chi connectivity index (χ2n) is 9.73. The van der Waals surface area contributed by atoms with Crippen LogP contribution < -0.4 is 19.9 Å². The van der Waals surface area contributed by atoms with Crippen molar-refractivity contribution in [3.63, 3.8) is 0 Å². The number of hydrogen-bond donors (Lipinski definition) is 1. The lowest BCUT2D eigenvalue weighted by Crippen LogP contribution is -2.29. The van der Waals surface area contributed by atoms with Gasteiger partial charge in [-0.3, -0.25) is 14.7 Å². The second-order valence-corrected chi connectivity index (χ2v) is 9.73. The third-order valence-corrected chi connectivity index (χ3v) is 7.13. The van der Waals surface area contributed by atoms with Crippen LogP contribution in [-0.2, 0) is 0 Å². The summed E-state index contributed by atoms with van der Waals surface area (Å²) in [6.45, 7) is 5.12. The lowest BCUT2D eigenvalue weighted by Gasteiger charge is -2.29. The number of rotatable bonds is 6. The van der Waals surface area contributed by atoms with E-state index < -0.39 is 5.82 Å². The highest BCUT2D eigenvalue weighted by atomic mass is 19.1. The number of carbonyl (C=O) groups excluding carboxylic acids is 1. The normalized spacial score (nSPS) is 15.4. The molecular weight excluding hydrogens is 495 g/mol.